The molecule has 9 heteroatoms. The minimum Gasteiger partial charge on any atom is -0.756 e. The zero-order chi connectivity index (χ0) is 47.1. The van der Waals surface area contributed by atoms with E-state index in [0.29, 0.717) is 23.9 Å². The third-order valence-corrected chi connectivity index (χ3v) is 14.0. The highest BCUT2D eigenvalue weighted by atomic mass is 31.2. The number of phosphoric ester groups is 1. The van der Waals surface area contributed by atoms with Crippen LogP contribution in [-0.2, 0) is 18.4 Å². The third-order valence-electron chi connectivity index (χ3n) is 13.0. The summed E-state index contributed by atoms with van der Waals surface area (Å²) in [5.41, 5.74) is 0. The molecule has 0 spiro atoms. The van der Waals surface area contributed by atoms with Gasteiger partial charge in [0.1, 0.15) is 13.2 Å². The van der Waals surface area contributed by atoms with E-state index in [1.807, 2.05) is 21.1 Å². The summed E-state index contributed by atoms with van der Waals surface area (Å²) in [5, 5.41) is 14.0. The fourth-order valence-corrected chi connectivity index (χ4v) is 9.28. The minimum atomic E-state index is -4.57. The summed E-state index contributed by atoms with van der Waals surface area (Å²) in [5.74, 6) is -0.172. The van der Waals surface area contributed by atoms with Gasteiger partial charge in [-0.05, 0) is 32.1 Å². The van der Waals surface area contributed by atoms with Crippen LogP contribution in [0.1, 0.15) is 284 Å². The van der Waals surface area contributed by atoms with Crippen LogP contribution >= 0.6 is 7.82 Å². The van der Waals surface area contributed by atoms with Crippen LogP contribution in [0.3, 0.4) is 0 Å². The highest BCUT2D eigenvalue weighted by Crippen LogP contribution is 2.38. The fraction of sp³-hybridized carbons (Fsp3) is 0.945. The van der Waals surface area contributed by atoms with Crippen molar-refractivity contribution in [1.82, 2.24) is 5.32 Å². The van der Waals surface area contributed by atoms with Gasteiger partial charge in [0.2, 0.25) is 5.91 Å². The molecule has 1 amide bonds. The maximum absolute atomic E-state index is 12.9. The van der Waals surface area contributed by atoms with Crippen molar-refractivity contribution in [1.29, 1.82) is 0 Å². The maximum Gasteiger partial charge on any atom is 0.268 e. The quantitative estimate of drug-likeness (QED) is 0.0272. The molecule has 0 aromatic carbocycles. The van der Waals surface area contributed by atoms with E-state index < -0.39 is 20.0 Å². The number of hydrogen-bond acceptors (Lipinski definition) is 6. The van der Waals surface area contributed by atoms with Crippen molar-refractivity contribution in [3.8, 4) is 0 Å². The van der Waals surface area contributed by atoms with Crippen LogP contribution < -0.4 is 10.2 Å². The first kappa shape index (κ1) is 63.2. The number of aliphatic hydroxyl groups is 1. The van der Waals surface area contributed by atoms with E-state index in [0.717, 1.165) is 51.4 Å². The van der Waals surface area contributed by atoms with Gasteiger partial charge >= 0.3 is 0 Å². The maximum atomic E-state index is 12.9. The highest BCUT2D eigenvalue weighted by molar-refractivity contribution is 7.45. The second-order valence-electron chi connectivity index (χ2n) is 20.6. The SMILES string of the molecule is CCCC/C=C\CCCCCCCC(=O)NC(COP(=O)([O-])OCC[N+](C)(C)C)C(O)CCCCCCCCCCCCCCCCCCCCCCCCCCCCCCCCC. The Hall–Kier alpha value is -0.760. The molecule has 64 heavy (non-hydrogen) atoms. The largest absolute Gasteiger partial charge is 0.756 e. The van der Waals surface area contributed by atoms with Crippen LogP contribution in [0.2, 0.25) is 0 Å². The van der Waals surface area contributed by atoms with E-state index in [2.05, 4.69) is 31.3 Å². The van der Waals surface area contributed by atoms with E-state index in [1.165, 1.54) is 205 Å². The van der Waals surface area contributed by atoms with Gasteiger partial charge in [-0.2, -0.15) is 0 Å². The Morgan fingerprint density at radius 3 is 1.27 bits per heavy atom. The first-order chi connectivity index (χ1) is 31.0. The molecule has 2 N–H and O–H groups in total. The van der Waals surface area contributed by atoms with Crippen LogP contribution in [-0.4, -0.2) is 68.5 Å². The Morgan fingerprint density at radius 1 is 0.531 bits per heavy atom. The molecular formula is C55H111N2O6P. The Labute approximate surface area is 399 Å². The Kier molecular flexibility index (Phi) is 46.8. The van der Waals surface area contributed by atoms with Gasteiger partial charge < -0.3 is 28.8 Å². The van der Waals surface area contributed by atoms with E-state index >= 15 is 0 Å². The molecule has 382 valence electrons. The topological polar surface area (TPSA) is 108 Å². The molecule has 0 aromatic rings. The minimum absolute atomic E-state index is 0.0126. The number of unbranched alkanes of at least 4 members (excludes halogenated alkanes) is 37. The zero-order valence-corrected chi connectivity index (χ0v) is 44.4. The number of nitrogens with one attached hydrogen (secondary N) is 1. The summed E-state index contributed by atoms with van der Waals surface area (Å²) < 4.78 is 23.3. The van der Waals surface area contributed by atoms with Gasteiger partial charge in [0.25, 0.3) is 7.82 Å². The molecule has 0 saturated heterocycles. The first-order valence-electron chi connectivity index (χ1n) is 28.0. The van der Waals surface area contributed by atoms with Crippen LogP contribution in [0.4, 0.5) is 0 Å². The molecule has 0 heterocycles. The number of rotatable bonds is 52. The number of amides is 1. The van der Waals surface area contributed by atoms with Gasteiger partial charge in [-0.3, -0.25) is 9.36 Å². The molecule has 0 aromatic heterocycles. The summed E-state index contributed by atoms with van der Waals surface area (Å²) in [6, 6.07) is -0.801. The Bertz CT molecular complexity index is 1050. The second-order valence-corrected chi connectivity index (χ2v) is 22.1. The van der Waals surface area contributed by atoms with Gasteiger partial charge in [0.05, 0.1) is 39.9 Å². The molecule has 8 nitrogen and oxygen atoms in total. The van der Waals surface area contributed by atoms with Gasteiger partial charge in [-0.1, -0.05) is 257 Å². The number of hydrogen-bond donors (Lipinski definition) is 2. The molecule has 0 aliphatic rings. The predicted molar refractivity (Wildman–Crippen MR) is 275 cm³/mol. The molecular weight excluding hydrogens is 816 g/mol. The van der Waals surface area contributed by atoms with E-state index in [9.17, 15) is 19.4 Å². The van der Waals surface area contributed by atoms with Crippen molar-refractivity contribution in [2.24, 2.45) is 0 Å². The number of allylic oxidation sites excluding steroid dienone is 2. The van der Waals surface area contributed by atoms with Crippen molar-refractivity contribution < 1.29 is 32.9 Å². The van der Waals surface area contributed by atoms with Crippen LogP contribution in [0.15, 0.2) is 12.2 Å². The number of carbonyl (C=O) groups excluding carboxylic acids is 1. The zero-order valence-electron chi connectivity index (χ0n) is 43.5. The number of nitrogens with zero attached hydrogens (tertiary/aromatic N) is 1. The highest BCUT2D eigenvalue weighted by Gasteiger charge is 2.24. The molecule has 0 rings (SSSR count). The van der Waals surface area contributed by atoms with Gasteiger partial charge in [0, 0.05) is 6.42 Å². The summed E-state index contributed by atoms with van der Waals surface area (Å²) in [6.45, 7) is 4.70. The third kappa shape index (κ3) is 49.2. The van der Waals surface area contributed by atoms with Crippen molar-refractivity contribution in [3.05, 3.63) is 12.2 Å². The monoisotopic (exact) mass is 927 g/mol. The molecule has 0 bridgehead atoms. The van der Waals surface area contributed by atoms with Crippen LogP contribution in [0.5, 0.6) is 0 Å². The smallest absolute Gasteiger partial charge is 0.268 e. The average molecular weight is 927 g/mol. The van der Waals surface area contributed by atoms with Crippen molar-refractivity contribution >= 4 is 13.7 Å². The Morgan fingerprint density at radius 2 is 0.875 bits per heavy atom. The summed E-state index contributed by atoms with van der Waals surface area (Å²) in [6.07, 6.45) is 56.9. The normalized spacial score (nSPS) is 14.0. The summed E-state index contributed by atoms with van der Waals surface area (Å²) in [4.78, 5) is 25.4. The lowest BCUT2D eigenvalue weighted by atomic mass is 10.0. The fourth-order valence-electron chi connectivity index (χ4n) is 8.55. The number of carbonyl (C=O) groups is 1. The summed E-state index contributed by atoms with van der Waals surface area (Å²) >= 11 is 0. The standard InChI is InChI=1S/C55H111N2O6P/c1-6-8-10-12-14-16-18-19-20-21-22-23-24-25-26-27-28-29-30-31-32-33-34-35-36-37-39-40-42-44-46-48-54(58)53(52-63-64(60,61)62-51-50-57(3,4)5)56-55(59)49-47-45-43-41-38-17-15-13-11-9-7-2/h13,15,53-54,58H,6-12,14,16-52H2,1-5H3,(H-,56,59,60,61)/b15-13-. The van der Waals surface area contributed by atoms with Gasteiger partial charge in [-0.15, -0.1) is 0 Å². The lowest BCUT2D eigenvalue weighted by molar-refractivity contribution is -0.870. The average Bonchev–Trinajstić information content (AvgIpc) is 3.25. The number of phosphoric acid groups is 1. The Balaban J connectivity index is 3.96. The van der Waals surface area contributed by atoms with E-state index in [-0.39, 0.29) is 19.1 Å². The van der Waals surface area contributed by atoms with Gasteiger partial charge in [0.15, 0.2) is 0 Å². The second kappa shape index (κ2) is 47.3. The van der Waals surface area contributed by atoms with Crippen LogP contribution in [0.25, 0.3) is 0 Å². The number of quaternary nitrogens is 1. The molecule has 0 radical (unpaired) electrons. The first-order valence-corrected chi connectivity index (χ1v) is 29.5. The van der Waals surface area contributed by atoms with Crippen molar-refractivity contribution in [2.45, 2.75) is 296 Å². The molecule has 0 fully saturated rings. The van der Waals surface area contributed by atoms with E-state index in [4.69, 9.17) is 9.05 Å². The molecule has 0 aliphatic heterocycles. The lowest BCUT2D eigenvalue weighted by Gasteiger charge is -2.30. The molecule has 0 aliphatic carbocycles. The van der Waals surface area contributed by atoms with Gasteiger partial charge in [-0.25, -0.2) is 0 Å². The van der Waals surface area contributed by atoms with Crippen LogP contribution in [0, 0.1) is 0 Å². The van der Waals surface area contributed by atoms with Crippen molar-refractivity contribution in [2.75, 3.05) is 40.9 Å². The number of aliphatic hydroxyl groups excluding tert-OH is 1. The lowest BCUT2D eigenvalue weighted by Crippen LogP contribution is -2.46. The molecule has 3 atom stereocenters. The van der Waals surface area contributed by atoms with Crippen molar-refractivity contribution in [3.63, 3.8) is 0 Å². The number of likely N-dealkylation sites (N-methyl/N-ethyl adjacent to an activating group) is 1. The summed E-state index contributed by atoms with van der Waals surface area (Å²) in [7, 11) is 1.31. The molecule has 3 unspecified atom stereocenters. The molecule has 0 saturated carbocycles. The van der Waals surface area contributed by atoms with E-state index in [1.54, 1.807) is 0 Å². The predicted octanol–water partition coefficient (Wildman–Crippen LogP) is 16.0.